The number of hydrogen-bond acceptors (Lipinski definition) is 7. The highest BCUT2D eigenvalue weighted by molar-refractivity contribution is 5.66. The van der Waals surface area contributed by atoms with Crippen LogP contribution < -0.4 is 10.1 Å². The first kappa shape index (κ1) is 23.5. The molecular weight excluding hydrogens is 404 g/mol. The number of nitrogens with zero attached hydrogens (tertiary/aromatic N) is 3. The van der Waals surface area contributed by atoms with E-state index >= 15 is 0 Å². The molecule has 2 aromatic carbocycles. The van der Waals surface area contributed by atoms with E-state index < -0.39 is 0 Å². The number of nitrogens with one attached hydrogen (secondary N) is 1. The van der Waals surface area contributed by atoms with Crippen LogP contribution in [0.5, 0.6) is 5.75 Å². The lowest BCUT2D eigenvalue weighted by molar-refractivity contribution is 0.201. The van der Waals surface area contributed by atoms with Crippen LogP contribution in [-0.2, 0) is 17.6 Å². The first-order valence-electron chi connectivity index (χ1n) is 10.9. The molecule has 1 aromatic heterocycles. The summed E-state index contributed by atoms with van der Waals surface area (Å²) in [5.41, 5.74) is 4.89. The highest BCUT2D eigenvalue weighted by Gasteiger charge is 2.19. The summed E-state index contributed by atoms with van der Waals surface area (Å²) in [5.74, 6) is 1.56. The van der Waals surface area contributed by atoms with E-state index in [1.54, 1.807) is 19.2 Å². The predicted octanol–water partition coefficient (Wildman–Crippen LogP) is 4.40. The average Bonchev–Trinajstić information content (AvgIpc) is 3.47. The first-order chi connectivity index (χ1) is 15.6. The lowest BCUT2D eigenvalue weighted by Gasteiger charge is -2.11. The molecule has 7 nitrogen and oxygen atoms in total. The van der Waals surface area contributed by atoms with Crippen molar-refractivity contribution in [3.05, 3.63) is 53.1 Å². The van der Waals surface area contributed by atoms with E-state index in [-0.39, 0.29) is 6.10 Å². The summed E-state index contributed by atoms with van der Waals surface area (Å²) in [5, 5.41) is 16.5. The minimum Gasteiger partial charge on any atom is -0.490 e. The molecule has 0 amide bonds. The second-order valence-corrected chi connectivity index (χ2v) is 7.81. The molecule has 1 heterocycles. The van der Waals surface area contributed by atoms with Crippen molar-refractivity contribution in [1.82, 2.24) is 15.5 Å². The van der Waals surface area contributed by atoms with Gasteiger partial charge in [0.2, 0.25) is 5.82 Å². The zero-order valence-corrected chi connectivity index (χ0v) is 19.1. The van der Waals surface area contributed by atoms with Crippen molar-refractivity contribution >= 4 is 0 Å². The Morgan fingerprint density at radius 2 is 2.06 bits per heavy atom. The number of ether oxygens (including phenoxy) is 2. The fourth-order valence-corrected chi connectivity index (χ4v) is 3.59. The van der Waals surface area contributed by atoms with Gasteiger partial charge in [-0.15, -0.1) is 0 Å². The molecule has 0 unspecified atom stereocenters. The molecule has 32 heavy (non-hydrogen) atoms. The summed E-state index contributed by atoms with van der Waals surface area (Å²) in [6.07, 6.45) is 3.33. The number of likely N-dealkylation sites (N-methyl/N-ethyl adjacent to an activating group) is 1. The maximum atomic E-state index is 9.40. The van der Waals surface area contributed by atoms with Crippen LogP contribution in [0, 0.1) is 11.3 Å². The second-order valence-electron chi connectivity index (χ2n) is 7.81. The summed E-state index contributed by atoms with van der Waals surface area (Å²) in [6, 6.07) is 13.8. The van der Waals surface area contributed by atoms with Crippen LogP contribution in [-0.4, -0.2) is 43.6 Å². The highest BCUT2D eigenvalue weighted by atomic mass is 16.5. The monoisotopic (exact) mass is 434 g/mol. The lowest BCUT2D eigenvalue weighted by Crippen LogP contribution is -2.12. The SMILES string of the molecule is CC(C)Oc1ccc(-c2nc(-c3cccc4c3CCC4)no2)cc1C#N.CNCCOC. The van der Waals surface area contributed by atoms with Crippen molar-refractivity contribution in [2.75, 3.05) is 27.3 Å². The number of benzene rings is 2. The van der Waals surface area contributed by atoms with E-state index in [1.165, 1.54) is 17.5 Å². The summed E-state index contributed by atoms with van der Waals surface area (Å²) in [7, 11) is 3.59. The minimum atomic E-state index is 0.00290. The van der Waals surface area contributed by atoms with Crippen molar-refractivity contribution in [1.29, 1.82) is 5.26 Å². The van der Waals surface area contributed by atoms with Crippen molar-refractivity contribution in [2.45, 2.75) is 39.2 Å². The Bertz CT molecular complexity index is 1070. The number of hydrogen-bond donors (Lipinski definition) is 1. The third-order valence-corrected chi connectivity index (χ3v) is 5.08. The van der Waals surface area contributed by atoms with Gasteiger partial charge >= 0.3 is 0 Å². The first-order valence-corrected chi connectivity index (χ1v) is 10.9. The second kappa shape index (κ2) is 11.4. The quantitative estimate of drug-likeness (QED) is 0.551. The topological polar surface area (TPSA) is 93.2 Å². The lowest BCUT2D eigenvalue weighted by atomic mass is 10.0. The van der Waals surface area contributed by atoms with E-state index in [9.17, 15) is 5.26 Å². The normalized spacial score (nSPS) is 12.1. The zero-order chi connectivity index (χ0) is 22.9. The van der Waals surface area contributed by atoms with Crippen molar-refractivity contribution in [2.24, 2.45) is 0 Å². The Morgan fingerprint density at radius 3 is 2.75 bits per heavy atom. The van der Waals surface area contributed by atoms with Crippen LogP contribution in [0.25, 0.3) is 22.8 Å². The summed E-state index contributed by atoms with van der Waals surface area (Å²) >= 11 is 0. The predicted molar refractivity (Wildman–Crippen MR) is 123 cm³/mol. The van der Waals surface area contributed by atoms with Crippen LogP contribution in [0.4, 0.5) is 0 Å². The van der Waals surface area contributed by atoms with Gasteiger partial charge < -0.3 is 19.3 Å². The molecule has 0 atom stereocenters. The zero-order valence-electron chi connectivity index (χ0n) is 19.1. The number of aryl methyl sites for hydroxylation is 1. The van der Waals surface area contributed by atoms with E-state index in [0.717, 1.165) is 31.6 Å². The van der Waals surface area contributed by atoms with Gasteiger partial charge in [0.15, 0.2) is 0 Å². The molecule has 4 rings (SSSR count). The third-order valence-electron chi connectivity index (χ3n) is 5.08. The van der Waals surface area contributed by atoms with Crippen LogP contribution in [0.3, 0.4) is 0 Å². The van der Waals surface area contributed by atoms with Crippen molar-refractivity contribution in [3.8, 4) is 34.7 Å². The molecule has 1 aliphatic rings. The fraction of sp³-hybridized carbons (Fsp3) is 0.400. The molecule has 0 bridgehead atoms. The molecule has 1 N–H and O–H groups in total. The molecular formula is C25H30N4O3. The number of methoxy groups -OCH3 is 1. The largest absolute Gasteiger partial charge is 0.490 e. The van der Waals surface area contributed by atoms with E-state index in [1.807, 2.05) is 39.1 Å². The fourth-order valence-electron chi connectivity index (χ4n) is 3.59. The highest BCUT2D eigenvalue weighted by Crippen LogP contribution is 2.32. The van der Waals surface area contributed by atoms with E-state index in [4.69, 9.17) is 14.0 Å². The Balaban J connectivity index is 0.000000427. The molecule has 0 radical (unpaired) electrons. The Labute approximate surface area is 189 Å². The van der Waals surface area contributed by atoms with Crippen molar-refractivity contribution in [3.63, 3.8) is 0 Å². The van der Waals surface area contributed by atoms with Gasteiger partial charge in [-0.3, -0.25) is 0 Å². The smallest absolute Gasteiger partial charge is 0.258 e. The van der Waals surface area contributed by atoms with Gasteiger partial charge in [-0.05, 0) is 69.5 Å². The Hall–Kier alpha value is -3.21. The van der Waals surface area contributed by atoms with E-state index in [2.05, 4.69) is 27.6 Å². The number of aromatic nitrogens is 2. The van der Waals surface area contributed by atoms with Crippen LogP contribution in [0.2, 0.25) is 0 Å². The van der Waals surface area contributed by atoms with Crippen LogP contribution >= 0.6 is 0 Å². The number of nitriles is 1. The van der Waals surface area contributed by atoms with Crippen LogP contribution in [0.15, 0.2) is 40.9 Å². The van der Waals surface area contributed by atoms with E-state index in [0.29, 0.717) is 28.6 Å². The van der Waals surface area contributed by atoms with Gasteiger partial charge in [0.1, 0.15) is 11.8 Å². The summed E-state index contributed by atoms with van der Waals surface area (Å²) in [6.45, 7) is 5.60. The maximum Gasteiger partial charge on any atom is 0.258 e. The molecule has 1 aliphatic carbocycles. The third kappa shape index (κ3) is 5.72. The molecule has 7 heteroatoms. The molecule has 3 aromatic rings. The molecule has 0 spiro atoms. The van der Waals surface area contributed by atoms with Gasteiger partial charge in [0, 0.05) is 24.8 Å². The molecule has 168 valence electrons. The Kier molecular flexibility index (Phi) is 8.37. The van der Waals surface area contributed by atoms with Gasteiger partial charge in [-0.2, -0.15) is 10.2 Å². The van der Waals surface area contributed by atoms with Gasteiger partial charge in [-0.1, -0.05) is 23.4 Å². The van der Waals surface area contributed by atoms with Gasteiger partial charge in [0.25, 0.3) is 5.89 Å². The molecule has 0 fully saturated rings. The minimum absolute atomic E-state index is 0.00290. The van der Waals surface area contributed by atoms with Crippen LogP contribution in [0.1, 0.15) is 37.0 Å². The molecule has 0 aliphatic heterocycles. The molecule has 0 saturated heterocycles. The molecule has 0 saturated carbocycles. The Morgan fingerprint density at radius 1 is 1.22 bits per heavy atom. The average molecular weight is 435 g/mol. The maximum absolute atomic E-state index is 9.40. The standard InChI is InChI=1S/C21H19N3O2.C4H11NO/c1-13(2)25-19-10-9-15(11-16(19)12-22)21-23-20(24-26-21)18-8-4-6-14-5-3-7-17(14)18;1-5-3-4-6-2/h4,6,8-11,13H,3,5,7H2,1-2H3;5H,3-4H2,1-2H3. The van der Waals surface area contributed by atoms with Gasteiger partial charge in [-0.25, -0.2) is 0 Å². The number of fused-ring (bicyclic) bond motifs is 1. The number of rotatable bonds is 7. The van der Waals surface area contributed by atoms with Gasteiger partial charge in [0.05, 0.1) is 18.3 Å². The van der Waals surface area contributed by atoms with Crippen molar-refractivity contribution < 1.29 is 14.0 Å². The summed E-state index contributed by atoms with van der Waals surface area (Å²) in [4.78, 5) is 4.57. The summed E-state index contributed by atoms with van der Waals surface area (Å²) < 4.78 is 15.9.